The van der Waals surface area contributed by atoms with Gasteiger partial charge in [-0.3, -0.25) is 4.79 Å². The highest BCUT2D eigenvalue weighted by molar-refractivity contribution is 6.30. The molecule has 0 fully saturated rings. The van der Waals surface area contributed by atoms with E-state index in [0.717, 1.165) is 22.4 Å². The fourth-order valence-corrected chi connectivity index (χ4v) is 2.75. The summed E-state index contributed by atoms with van der Waals surface area (Å²) in [5.41, 5.74) is 4.05. The maximum Gasteiger partial charge on any atom is 0.262 e. The van der Waals surface area contributed by atoms with Gasteiger partial charge < -0.3 is 10.1 Å². The number of nitrogens with zero attached hydrogens (tertiary/aromatic N) is 1. The molecule has 0 saturated carbocycles. The second kappa shape index (κ2) is 9.59. The quantitative estimate of drug-likeness (QED) is 0.423. The van der Waals surface area contributed by atoms with Gasteiger partial charge in [0.2, 0.25) is 0 Å². The summed E-state index contributed by atoms with van der Waals surface area (Å²) in [6.45, 7) is 1.90. The number of carbonyl (C=O) groups excluding carboxylic acids is 1. The van der Waals surface area contributed by atoms with Gasteiger partial charge in [0, 0.05) is 10.7 Å². The highest BCUT2D eigenvalue weighted by Gasteiger charge is 2.05. The van der Waals surface area contributed by atoms with Crippen molar-refractivity contribution < 1.29 is 9.53 Å². The molecule has 3 rings (SSSR count). The van der Waals surface area contributed by atoms with E-state index in [1.807, 2.05) is 55.5 Å². The topological polar surface area (TPSA) is 62.1 Å². The second-order valence-corrected chi connectivity index (χ2v) is 6.89. The molecule has 0 bridgehead atoms. The lowest BCUT2D eigenvalue weighted by atomic mass is 10.0. The van der Waals surface area contributed by atoms with E-state index in [1.165, 1.54) is 0 Å². The molecule has 29 heavy (non-hydrogen) atoms. The fourth-order valence-electron chi connectivity index (χ4n) is 2.62. The van der Waals surface area contributed by atoms with E-state index in [2.05, 4.69) is 11.4 Å². The Kier molecular flexibility index (Phi) is 6.67. The summed E-state index contributed by atoms with van der Waals surface area (Å²) >= 11 is 5.90. The van der Waals surface area contributed by atoms with E-state index in [-0.39, 0.29) is 12.5 Å². The average molecular weight is 403 g/mol. The summed E-state index contributed by atoms with van der Waals surface area (Å²) < 4.78 is 5.54. The molecule has 3 aromatic carbocycles. The molecule has 0 radical (unpaired) electrons. The largest absolute Gasteiger partial charge is 0.484 e. The van der Waals surface area contributed by atoms with E-state index in [9.17, 15) is 10.1 Å². The van der Waals surface area contributed by atoms with Crippen LogP contribution in [-0.4, -0.2) is 12.5 Å². The van der Waals surface area contributed by atoms with Crippen LogP contribution in [0.4, 0.5) is 5.69 Å². The van der Waals surface area contributed by atoms with Gasteiger partial charge in [0.25, 0.3) is 5.91 Å². The molecule has 0 aromatic heterocycles. The van der Waals surface area contributed by atoms with Gasteiger partial charge in [-0.1, -0.05) is 53.6 Å². The van der Waals surface area contributed by atoms with Gasteiger partial charge in [-0.15, -0.1) is 0 Å². The number of anilines is 1. The van der Waals surface area contributed by atoms with Crippen molar-refractivity contribution in [3.8, 4) is 11.8 Å². The number of halogens is 1. The van der Waals surface area contributed by atoms with Crippen LogP contribution in [0.2, 0.25) is 5.02 Å². The van der Waals surface area contributed by atoms with Crippen LogP contribution in [0, 0.1) is 18.3 Å². The van der Waals surface area contributed by atoms with Crippen molar-refractivity contribution >= 4 is 34.8 Å². The zero-order valence-corrected chi connectivity index (χ0v) is 16.6. The second-order valence-electron chi connectivity index (χ2n) is 6.45. The molecule has 3 aromatic rings. The standard InChI is InChI=1S/C24H19ClN2O2/c1-17-2-10-22(11-3-17)27-24(28)16-29-23-12-4-18(5-13-23)14-20(15-26)19-6-8-21(25)9-7-19/h2-14H,16H2,1H3,(H,27,28)/b20-14+. The zero-order chi connectivity index (χ0) is 20.6. The third-order valence-electron chi connectivity index (χ3n) is 4.17. The zero-order valence-electron chi connectivity index (χ0n) is 15.9. The third-order valence-corrected chi connectivity index (χ3v) is 4.42. The SMILES string of the molecule is Cc1ccc(NC(=O)COc2ccc(/C=C(\C#N)c3ccc(Cl)cc3)cc2)cc1. The molecule has 0 atom stereocenters. The molecule has 4 nitrogen and oxygen atoms in total. The lowest BCUT2D eigenvalue weighted by Crippen LogP contribution is -2.20. The first-order valence-corrected chi connectivity index (χ1v) is 9.38. The van der Waals surface area contributed by atoms with Gasteiger partial charge in [0.1, 0.15) is 5.75 Å². The van der Waals surface area contributed by atoms with Crippen LogP contribution in [0.25, 0.3) is 11.6 Å². The Morgan fingerprint density at radius 2 is 1.69 bits per heavy atom. The third kappa shape index (κ3) is 5.97. The summed E-state index contributed by atoms with van der Waals surface area (Å²) in [7, 11) is 0. The molecule has 5 heteroatoms. The summed E-state index contributed by atoms with van der Waals surface area (Å²) in [4.78, 5) is 12.0. The van der Waals surface area contributed by atoms with Crippen LogP contribution in [0.3, 0.4) is 0 Å². The van der Waals surface area contributed by atoms with Crippen LogP contribution in [-0.2, 0) is 4.79 Å². The Hall–Kier alpha value is -3.55. The first-order valence-electron chi connectivity index (χ1n) is 9.00. The Labute approximate surface area is 175 Å². The molecule has 0 aliphatic rings. The van der Waals surface area contributed by atoms with E-state index >= 15 is 0 Å². The van der Waals surface area contributed by atoms with Crippen LogP contribution in [0.5, 0.6) is 5.75 Å². The number of aryl methyl sites for hydroxylation is 1. The van der Waals surface area contributed by atoms with Crippen LogP contribution in [0.1, 0.15) is 16.7 Å². The van der Waals surface area contributed by atoms with Gasteiger partial charge in [0.15, 0.2) is 6.61 Å². The Morgan fingerprint density at radius 3 is 2.31 bits per heavy atom. The number of allylic oxidation sites excluding steroid dienone is 1. The fraction of sp³-hybridized carbons (Fsp3) is 0.0833. The van der Waals surface area contributed by atoms with Gasteiger partial charge in [-0.2, -0.15) is 5.26 Å². The number of rotatable bonds is 6. The van der Waals surface area contributed by atoms with E-state index in [4.69, 9.17) is 16.3 Å². The number of hydrogen-bond acceptors (Lipinski definition) is 3. The van der Waals surface area contributed by atoms with E-state index in [0.29, 0.717) is 16.3 Å². The van der Waals surface area contributed by atoms with Crippen molar-refractivity contribution in [1.29, 1.82) is 5.26 Å². The molecule has 0 heterocycles. The molecular formula is C24H19ClN2O2. The maximum atomic E-state index is 12.0. The molecule has 0 saturated heterocycles. The minimum atomic E-state index is -0.229. The minimum absolute atomic E-state index is 0.0860. The summed E-state index contributed by atoms with van der Waals surface area (Å²) in [6, 6.07) is 24.1. The van der Waals surface area contributed by atoms with Crippen LogP contribution >= 0.6 is 11.6 Å². The average Bonchev–Trinajstić information content (AvgIpc) is 2.74. The number of ether oxygens (including phenoxy) is 1. The van der Waals surface area contributed by atoms with Crippen molar-refractivity contribution in [3.05, 3.63) is 94.5 Å². The molecule has 0 aliphatic heterocycles. The summed E-state index contributed by atoms with van der Waals surface area (Å²) in [5.74, 6) is 0.346. The summed E-state index contributed by atoms with van der Waals surface area (Å²) in [6.07, 6.45) is 1.79. The van der Waals surface area contributed by atoms with Crippen LogP contribution < -0.4 is 10.1 Å². The van der Waals surface area contributed by atoms with Crippen molar-refractivity contribution in [2.45, 2.75) is 6.92 Å². The smallest absolute Gasteiger partial charge is 0.262 e. The molecule has 0 aliphatic carbocycles. The Bertz CT molecular complexity index is 1050. The highest BCUT2D eigenvalue weighted by atomic mass is 35.5. The number of carbonyl (C=O) groups is 1. The Balaban J connectivity index is 1.59. The van der Waals surface area contributed by atoms with Crippen molar-refractivity contribution in [3.63, 3.8) is 0 Å². The lowest BCUT2D eigenvalue weighted by molar-refractivity contribution is -0.118. The summed E-state index contributed by atoms with van der Waals surface area (Å²) in [5, 5.41) is 12.8. The van der Waals surface area contributed by atoms with Gasteiger partial charge in [-0.05, 0) is 60.5 Å². The Morgan fingerprint density at radius 1 is 1.03 bits per heavy atom. The van der Waals surface area contributed by atoms with E-state index in [1.54, 1.807) is 30.3 Å². The number of benzene rings is 3. The van der Waals surface area contributed by atoms with Crippen molar-refractivity contribution in [2.24, 2.45) is 0 Å². The number of nitriles is 1. The van der Waals surface area contributed by atoms with Crippen molar-refractivity contribution in [1.82, 2.24) is 0 Å². The lowest BCUT2D eigenvalue weighted by Gasteiger charge is -2.08. The maximum absolute atomic E-state index is 12.0. The number of nitrogens with one attached hydrogen (secondary N) is 1. The van der Waals surface area contributed by atoms with Gasteiger partial charge in [-0.25, -0.2) is 0 Å². The van der Waals surface area contributed by atoms with Gasteiger partial charge >= 0.3 is 0 Å². The molecule has 1 amide bonds. The van der Waals surface area contributed by atoms with Crippen molar-refractivity contribution in [2.75, 3.05) is 11.9 Å². The molecular weight excluding hydrogens is 384 g/mol. The predicted octanol–water partition coefficient (Wildman–Crippen LogP) is 5.73. The molecule has 0 unspecified atom stereocenters. The first kappa shape index (κ1) is 20.2. The normalized spacial score (nSPS) is 10.9. The number of hydrogen-bond donors (Lipinski definition) is 1. The number of amides is 1. The first-order chi connectivity index (χ1) is 14.0. The molecule has 144 valence electrons. The molecule has 0 spiro atoms. The monoisotopic (exact) mass is 402 g/mol. The molecule has 1 N–H and O–H groups in total. The predicted molar refractivity (Wildman–Crippen MR) is 117 cm³/mol. The highest BCUT2D eigenvalue weighted by Crippen LogP contribution is 2.21. The van der Waals surface area contributed by atoms with Gasteiger partial charge in [0.05, 0.1) is 11.6 Å². The van der Waals surface area contributed by atoms with E-state index < -0.39 is 0 Å². The van der Waals surface area contributed by atoms with Crippen LogP contribution in [0.15, 0.2) is 72.8 Å². The minimum Gasteiger partial charge on any atom is -0.484 e.